The van der Waals surface area contributed by atoms with Gasteiger partial charge in [0.05, 0.1) is 11.9 Å². The van der Waals surface area contributed by atoms with E-state index in [0.717, 1.165) is 16.3 Å². The van der Waals surface area contributed by atoms with Crippen LogP contribution in [0, 0.1) is 5.82 Å². The molecule has 3 aromatic rings. The van der Waals surface area contributed by atoms with Crippen LogP contribution in [0.2, 0.25) is 0 Å². The van der Waals surface area contributed by atoms with Gasteiger partial charge in [0.2, 0.25) is 12.7 Å². The van der Waals surface area contributed by atoms with Crippen LogP contribution < -0.4 is 20.3 Å². The van der Waals surface area contributed by atoms with Gasteiger partial charge in [0.15, 0.2) is 11.5 Å². The highest BCUT2D eigenvalue weighted by Gasteiger charge is 2.12. The van der Waals surface area contributed by atoms with Gasteiger partial charge in [-0.15, -0.1) is 5.10 Å². The molecule has 0 saturated heterocycles. The Morgan fingerprint density at radius 1 is 1.21 bits per heavy atom. The molecule has 2 aromatic carbocycles. The van der Waals surface area contributed by atoms with Gasteiger partial charge in [0.25, 0.3) is 5.56 Å². The van der Waals surface area contributed by atoms with E-state index in [1.54, 1.807) is 24.3 Å². The molecule has 28 heavy (non-hydrogen) atoms. The van der Waals surface area contributed by atoms with Gasteiger partial charge in [-0.2, -0.15) is 0 Å². The SMILES string of the molecule is O=C(/C=C/c1ccc2c(c1)OCO2)NCCn1nnc2ccc(F)cc2c1=O. The average Bonchev–Trinajstić information content (AvgIpc) is 3.16. The molecule has 9 heteroatoms. The van der Waals surface area contributed by atoms with Crippen LogP contribution in [0.15, 0.2) is 47.3 Å². The second-order valence-electron chi connectivity index (χ2n) is 6.02. The quantitative estimate of drug-likeness (QED) is 0.672. The number of nitrogens with zero attached hydrogens (tertiary/aromatic N) is 3. The maximum Gasteiger partial charge on any atom is 0.277 e. The van der Waals surface area contributed by atoms with Gasteiger partial charge < -0.3 is 14.8 Å². The molecule has 0 spiro atoms. The Kier molecular flexibility index (Phi) is 4.71. The number of carbonyl (C=O) groups is 1. The molecule has 1 N–H and O–H groups in total. The molecule has 8 nitrogen and oxygen atoms in total. The predicted molar refractivity (Wildman–Crippen MR) is 98.4 cm³/mol. The summed E-state index contributed by atoms with van der Waals surface area (Å²) in [6.07, 6.45) is 3.02. The van der Waals surface area contributed by atoms with E-state index in [0.29, 0.717) is 17.0 Å². The van der Waals surface area contributed by atoms with Crippen molar-refractivity contribution in [2.75, 3.05) is 13.3 Å². The molecule has 0 aliphatic carbocycles. The summed E-state index contributed by atoms with van der Waals surface area (Å²) >= 11 is 0. The summed E-state index contributed by atoms with van der Waals surface area (Å²) in [6.45, 7) is 0.467. The fraction of sp³-hybridized carbons (Fsp3) is 0.158. The van der Waals surface area contributed by atoms with Gasteiger partial charge in [-0.3, -0.25) is 9.59 Å². The number of hydrogen-bond donors (Lipinski definition) is 1. The summed E-state index contributed by atoms with van der Waals surface area (Å²) < 4.78 is 24.9. The fourth-order valence-electron chi connectivity index (χ4n) is 2.73. The van der Waals surface area contributed by atoms with E-state index in [2.05, 4.69) is 15.6 Å². The van der Waals surface area contributed by atoms with Crippen molar-refractivity contribution in [2.45, 2.75) is 6.54 Å². The van der Waals surface area contributed by atoms with Crippen molar-refractivity contribution < 1.29 is 18.7 Å². The highest BCUT2D eigenvalue weighted by molar-refractivity contribution is 5.91. The average molecular weight is 382 g/mol. The van der Waals surface area contributed by atoms with E-state index < -0.39 is 11.4 Å². The summed E-state index contributed by atoms with van der Waals surface area (Å²) in [6, 6.07) is 9.08. The highest BCUT2D eigenvalue weighted by atomic mass is 19.1. The lowest BCUT2D eigenvalue weighted by atomic mass is 10.2. The number of halogens is 1. The first-order valence-corrected chi connectivity index (χ1v) is 8.49. The number of nitrogens with one attached hydrogen (secondary N) is 1. The van der Waals surface area contributed by atoms with E-state index >= 15 is 0 Å². The number of rotatable bonds is 5. The summed E-state index contributed by atoms with van der Waals surface area (Å²) in [4.78, 5) is 24.3. The monoisotopic (exact) mass is 382 g/mol. The van der Waals surface area contributed by atoms with Crippen LogP contribution in [-0.4, -0.2) is 34.2 Å². The summed E-state index contributed by atoms with van der Waals surface area (Å²) in [7, 11) is 0. The number of carbonyl (C=O) groups excluding carboxylic acids is 1. The van der Waals surface area contributed by atoms with Gasteiger partial charge in [-0.05, 0) is 42.0 Å². The maximum atomic E-state index is 13.3. The first-order chi connectivity index (χ1) is 13.6. The molecule has 142 valence electrons. The van der Waals surface area contributed by atoms with Crippen molar-refractivity contribution in [1.82, 2.24) is 20.3 Å². The number of aromatic nitrogens is 3. The summed E-state index contributed by atoms with van der Waals surface area (Å²) in [5.74, 6) is 0.452. The third-order valence-corrected chi connectivity index (χ3v) is 4.13. The lowest BCUT2D eigenvalue weighted by Gasteiger charge is -2.05. The van der Waals surface area contributed by atoms with Gasteiger partial charge >= 0.3 is 0 Å². The molecular weight excluding hydrogens is 367 g/mol. The smallest absolute Gasteiger partial charge is 0.277 e. The number of hydrogen-bond acceptors (Lipinski definition) is 6. The van der Waals surface area contributed by atoms with E-state index in [-0.39, 0.29) is 31.2 Å². The van der Waals surface area contributed by atoms with Gasteiger partial charge in [0.1, 0.15) is 11.3 Å². The van der Waals surface area contributed by atoms with Gasteiger partial charge in [-0.1, -0.05) is 11.3 Å². The zero-order chi connectivity index (χ0) is 19.5. The van der Waals surface area contributed by atoms with Crippen LogP contribution in [0.3, 0.4) is 0 Å². The molecule has 0 bridgehead atoms. The molecule has 0 unspecified atom stereocenters. The van der Waals surface area contributed by atoms with E-state index in [1.807, 2.05) is 0 Å². The minimum absolute atomic E-state index is 0.113. The molecule has 4 rings (SSSR count). The molecule has 0 radical (unpaired) electrons. The van der Waals surface area contributed by atoms with Crippen molar-refractivity contribution in [3.8, 4) is 11.5 Å². The third-order valence-electron chi connectivity index (χ3n) is 4.13. The van der Waals surface area contributed by atoms with Crippen molar-refractivity contribution in [3.05, 3.63) is 64.2 Å². The van der Waals surface area contributed by atoms with Crippen LogP contribution in [0.25, 0.3) is 17.0 Å². The summed E-state index contributed by atoms with van der Waals surface area (Å²) in [5.41, 5.74) is 0.644. The van der Waals surface area contributed by atoms with Crippen molar-refractivity contribution in [1.29, 1.82) is 0 Å². The topological polar surface area (TPSA) is 95.3 Å². The van der Waals surface area contributed by atoms with Gasteiger partial charge in [0, 0.05) is 12.6 Å². The van der Waals surface area contributed by atoms with Crippen LogP contribution in [0.5, 0.6) is 11.5 Å². The van der Waals surface area contributed by atoms with Crippen molar-refractivity contribution in [3.63, 3.8) is 0 Å². The van der Waals surface area contributed by atoms with Crippen LogP contribution in [-0.2, 0) is 11.3 Å². The normalized spacial score (nSPS) is 12.6. The Morgan fingerprint density at radius 2 is 2.07 bits per heavy atom. The standard InChI is InChI=1S/C19H15FN4O4/c20-13-3-4-15-14(10-13)19(26)24(23-22-15)8-7-21-18(25)6-2-12-1-5-16-17(9-12)28-11-27-16/h1-6,9-10H,7-8,11H2,(H,21,25)/b6-2+. The zero-order valence-electron chi connectivity index (χ0n) is 14.6. The van der Waals surface area contributed by atoms with Crippen LogP contribution in [0.1, 0.15) is 5.56 Å². The molecule has 0 fully saturated rings. The lowest BCUT2D eigenvalue weighted by Crippen LogP contribution is -2.31. The Balaban J connectivity index is 1.36. The number of ether oxygens (including phenoxy) is 2. The second-order valence-corrected chi connectivity index (χ2v) is 6.02. The minimum Gasteiger partial charge on any atom is -0.454 e. The molecule has 1 aliphatic rings. The molecule has 0 atom stereocenters. The summed E-state index contributed by atoms with van der Waals surface area (Å²) in [5, 5.41) is 10.5. The fourth-order valence-corrected chi connectivity index (χ4v) is 2.73. The number of fused-ring (bicyclic) bond motifs is 2. The van der Waals surface area contributed by atoms with E-state index in [9.17, 15) is 14.0 Å². The minimum atomic E-state index is -0.522. The number of benzene rings is 2. The lowest BCUT2D eigenvalue weighted by molar-refractivity contribution is -0.116. The number of amides is 1. The Morgan fingerprint density at radius 3 is 2.96 bits per heavy atom. The molecule has 1 aliphatic heterocycles. The Labute approximate surface area is 158 Å². The first-order valence-electron chi connectivity index (χ1n) is 8.49. The maximum absolute atomic E-state index is 13.3. The highest BCUT2D eigenvalue weighted by Crippen LogP contribution is 2.32. The molecule has 2 heterocycles. The Hall–Kier alpha value is -3.75. The molecule has 1 aromatic heterocycles. The second kappa shape index (κ2) is 7.47. The van der Waals surface area contributed by atoms with Crippen molar-refractivity contribution in [2.24, 2.45) is 0 Å². The van der Waals surface area contributed by atoms with E-state index in [1.165, 1.54) is 18.2 Å². The third kappa shape index (κ3) is 3.68. The largest absolute Gasteiger partial charge is 0.454 e. The first kappa shape index (κ1) is 17.7. The predicted octanol–water partition coefficient (Wildman–Crippen LogP) is 1.49. The zero-order valence-corrected chi connectivity index (χ0v) is 14.6. The van der Waals surface area contributed by atoms with Crippen molar-refractivity contribution >= 4 is 22.9 Å². The van der Waals surface area contributed by atoms with Crippen LogP contribution in [0.4, 0.5) is 4.39 Å². The van der Waals surface area contributed by atoms with Crippen LogP contribution >= 0.6 is 0 Å². The Bertz CT molecular complexity index is 1140. The molecule has 0 saturated carbocycles. The molecular formula is C19H15FN4O4. The molecule has 1 amide bonds. The van der Waals surface area contributed by atoms with E-state index in [4.69, 9.17) is 9.47 Å². The van der Waals surface area contributed by atoms with Gasteiger partial charge in [-0.25, -0.2) is 9.07 Å².